The number of para-hydroxylation sites is 1. The second-order valence-corrected chi connectivity index (χ2v) is 4.72. The van der Waals surface area contributed by atoms with Gasteiger partial charge < -0.3 is 14.8 Å². The molecule has 0 aliphatic carbocycles. The Morgan fingerprint density at radius 3 is 2.70 bits per heavy atom. The molecule has 2 aromatic rings. The number of fused-ring (bicyclic) bond motifs is 2. The van der Waals surface area contributed by atoms with E-state index in [1.807, 2.05) is 49.4 Å². The van der Waals surface area contributed by atoms with Gasteiger partial charge in [0.1, 0.15) is 11.5 Å². The van der Waals surface area contributed by atoms with Gasteiger partial charge in [0.15, 0.2) is 6.10 Å². The largest absolute Gasteiger partial charge is 0.456 e. The van der Waals surface area contributed by atoms with Crippen molar-refractivity contribution in [1.82, 2.24) is 5.32 Å². The highest BCUT2D eigenvalue weighted by molar-refractivity contribution is 5.68. The molecule has 1 aliphatic heterocycles. The van der Waals surface area contributed by atoms with E-state index in [1.54, 1.807) is 7.05 Å². The van der Waals surface area contributed by atoms with Crippen LogP contribution in [-0.4, -0.2) is 13.1 Å². The summed E-state index contributed by atoms with van der Waals surface area (Å²) in [7, 11) is 1.55. The fourth-order valence-electron chi connectivity index (χ4n) is 2.32. The number of hydrogen-bond donors (Lipinski definition) is 1. The van der Waals surface area contributed by atoms with Crippen LogP contribution in [0, 0.1) is 6.92 Å². The number of carbonyl (C=O) groups excluding carboxylic acids is 1. The average Bonchev–Trinajstić information content (AvgIpc) is 2.46. The van der Waals surface area contributed by atoms with Crippen molar-refractivity contribution in [1.29, 1.82) is 0 Å². The molecule has 0 spiro atoms. The lowest BCUT2D eigenvalue weighted by Gasteiger charge is -2.28. The quantitative estimate of drug-likeness (QED) is 0.861. The van der Waals surface area contributed by atoms with Gasteiger partial charge >= 0.3 is 6.09 Å². The Hall–Kier alpha value is -2.49. The van der Waals surface area contributed by atoms with E-state index in [-0.39, 0.29) is 0 Å². The van der Waals surface area contributed by atoms with Gasteiger partial charge in [0.05, 0.1) is 0 Å². The summed E-state index contributed by atoms with van der Waals surface area (Å²) in [5.74, 6) is 1.46. The normalized spacial score (nSPS) is 15.6. The summed E-state index contributed by atoms with van der Waals surface area (Å²) < 4.78 is 11.4. The van der Waals surface area contributed by atoms with Crippen LogP contribution in [0.5, 0.6) is 11.5 Å². The molecule has 1 unspecified atom stereocenters. The standard InChI is InChI=1S/C16H15NO3/c1-10-7-8-12-14(9-10)19-13-6-4-3-5-11(13)15(12)20-16(18)17-2/h3-9,15H,1-2H3,(H,17,18). The van der Waals surface area contributed by atoms with E-state index < -0.39 is 12.2 Å². The van der Waals surface area contributed by atoms with Crippen LogP contribution >= 0.6 is 0 Å². The van der Waals surface area contributed by atoms with Crippen molar-refractivity contribution in [2.24, 2.45) is 0 Å². The minimum atomic E-state index is -0.460. The third kappa shape index (κ3) is 2.09. The SMILES string of the molecule is CNC(=O)OC1c2ccccc2Oc2cc(C)ccc21. The minimum absolute atomic E-state index is 0.449. The molecule has 20 heavy (non-hydrogen) atoms. The van der Waals surface area contributed by atoms with Crippen molar-refractivity contribution in [2.45, 2.75) is 13.0 Å². The van der Waals surface area contributed by atoms with Crippen molar-refractivity contribution in [3.05, 3.63) is 59.2 Å². The molecule has 0 aromatic heterocycles. The summed E-state index contributed by atoms with van der Waals surface area (Å²) in [6.45, 7) is 2.00. The number of alkyl carbamates (subject to hydrolysis) is 1. The van der Waals surface area contributed by atoms with Crippen molar-refractivity contribution in [3.63, 3.8) is 0 Å². The van der Waals surface area contributed by atoms with Gasteiger partial charge in [-0.15, -0.1) is 0 Å². The molecule has 3 rings (SSSR count). The molecule has 1 N–H and O–H groups in total. The van der Waals surface area contributed by atoms with E-state index in [0.717, 1.165) is 28.2 Å². The molecule has 0 bridgehead atoms. The van der Waals surface area contributed by atoms with E-state index >= 15 is 0 Å². The summed E-state index contributed by atoms with van der Waals surface area (Å²) in [6.07, 6.45) is -0.909. The molecular weight excluding hydrogens is 254 g/mol. The molecule has 1 amide bonds. The lowest BCUT2D eigenvalue weighted by Crippen LogP contribution is -2.24. The Bertz CT molecular complexity index is 667. The van der Waals surface area contributed by atoms with Gasteiger partial charge in [0.2, 0.25) is 0 Å². The Kier molecular flexibility index (Phi) is 3.06. The summed E-state index contributed by atoms with van der Waals surface area (Å²) in [5.41, 5.74) is 2.81. The Labute approximate surface area is 117 Å². The Morgan fingerprint density at radius 1 is 1.15 bits per heavy atom. The summed E-state index contributed by atoms with van der Waals surface area (Å²) >= 11 is 0. The number of ether oxygens (including phenoxy) is 2. The van der Waals surface area contributed by atoms with Crippen molar-refractivity contribution in [3.8, 4) is 11.5 Å². The second kappa shape index (κ2) is 4.89. The van der Waals surface area contributed by atoms with Crippen molar-refractivity contribution in [2.75, 3.05) is 7.05 Å². The molecule has 0 saturated heterocycles. The molecule has 1 atom stereocenters. The fraction of sp³-hybridized carbons (Fsp3) is 0.188. The van der Waals surface area contributed by atoms with Gasteiger partial charge in [-0.2, -0.15) is 0 Å². The van der Waals surface area contributed by atoms with Crippen molar-refractivity contribution >= 4 is 6.09 Å². The number of hydrogen-bond acceptors (Lipinski definition) is 3. The number of nitrogens with one attached hydrogen (secondary N) is 1. The lowest BCUT2D eigenvalue weighted by atomic mass is 9.96. The zero-order valence-corrected chi connectivity index (χ0v) is 11.3. The van der Waals surface area contributed by atoms with Gasteiger partial charge in [-0.3, -0.25) is 0 Å². The molecule has 0 fully saturated rings. The first kappa shape index (κ1) is 12.5. The minimum Gasteiger partial charge on any atom is -0.456 e. The summed E-state index contributed by atoms with van der Waals surface area (Å²) in [5, 5.41) is 2.48. The topological polar surface area (TPSA) is 47.6 Å². The maximum Gasteiger partial charge on any atom is 0.407 e. The second-order valence-electron chi connectivity index (χ2n) is 4.72. The number of rotatable bonds is 1. The number of aryl methyl sites for hydroxylation is 1. The van der Waals surface area contributed by atoms with E-state index in [0.29, 0.717) is 0 Å². The predicted octanol–water partition coefficient (Wildman–Crippen LogP) is 3.55. The van der Waals surface area contributed by atoms with Gasteiger partial charge in [0.25, 0.3) is 0 Å². The summed E-state index contributed by atoms with van der Waals surface area (Å²) in [4.78, 5) is 11.6. The van der Waals surface area contributed by atoms with Crippen LogP contribution < -0.4 is 10.1 Å². The zero-order valence-electron chi connectivity index (χ0n) is 11.3. The van der Waals surface area contributed by atoms with E-state index in [2.05, 4.69) is 5.32 Å². The molecular formula is C16H15NO3. The van der Waals surface area contributed by atoms with Crippen LogP contribution in [0.15, 0.2) is 42.5 Å². The molecule has 1 heterocycles. The van der Waals surface area contributed by atoms with E-state index in [1.165, 1.54) is 0 Å². The highest BCUT2D eigenvalue weighted by atomic mass is 16.6. The molecule has 102 valence electrons. The number of amides is 1. The van der Waals surface area contributed by atoms with Gasteiger partial charge in [-0.1, -0.05) is 30.3 Å². The monoisotopic (exact) mass is 269 g/mol. The number of carbonyl (C=O) groups is 1. The first-order chi connectivity index (χ1) is 9.69. The predicted molar refractivity (Wildman–Crippen MR) is 75.1 cm³/mol. The van der Waals surface area contributed by atoms with Crippen molar-refractivity contribution < 1.29 is 14.3 Å². The van der Waals surface area contributed by atoms with Crippen LogP contribution in [-0.2, 0) is 4.74 Å². The zero-order chi connectivity index (χ0) is 14.1. The Balaban J connectivity index is 2.10. The first-order valence-electron chi connectivity index (χ1n) is 6.44. The third-order valence-electron chi connectivity index (χ3n) is 3.30. The number of benzene rings is 2. The van der Waals surface area contributed by atoms with Crippen LogP contribution in [0.4, 0.5) is 4.79 Å². The maximum absolute atomic E-state index is 11.6. The highest BCUT2D eigenvalue weighted by Gasteiger charge is 2.29. The molecule has 2 aromatic carbocycles. The smallest absolute Gasteiger partial charge is 0.407 e. The summed E-state index contributed by atoms with van der Waals surface area (Å²) in [6, 6.07) is 13.5. The third-order valence-corrected chi connectivity index (χ3v) is 3.30. The molecule has 0 radical (unpaired) electrons. The fourth-order valence-corrected chi connectivity index (χ4v) is 2.32. The molecule has 0 saturated carbocycles. The maximum atomic E-state index is 11.6. The average molecular weight is 269 g/mol. The molecule has 4 nitrogen and oxygen atoms in total. The van der Waals surface area contributed by atoms with Crippen LogP contribution in [0.25, 0.3) is 0 Å². The van der Waals surface area contributed by atoms with Gasteiger partial charge in [0, 0.05) is 18.2 Å². The van der Waals surface area contributed by atoms with Crippen LogP contribution in [0.1, 0.15) is 22.8 Å². The van der Waals surface area contributed by atoms with Crippen LogP contribution in [0.2, 0.25) is 0 Å². The lowest BCUT2D eigenvalue weighted by molar-refractivity contribution is 0.113. The molecule has 1 aliphatic rings. The van der Waals surface area contributed by atoms with E-state index in [4.69, 9.17) is 9.47 Å². The van der Waals surface area contributed by atoms with E-state index in [9.17, 15) is 4.79 Å². The Morgan fingerprint density at radius 2 is 1.90 bits per heavy atom. The highest BCUT2D eigenvalue weighted by Crippen LogP contribution is 2.44. The molecule has 4 heteroatoms. The van der Waals surface area contributed by atoms with Gasteiger partial charge in [-0.05, 0) is 24.6 Å². The van der Waals surface area contributed by atoms with Gasteiger partial charge in [-0.25, -0.2) is 4.79 Å². The first-order valence-corrected chi connectivity index (χ1v) is 6.44. The van der Waals surface area contributed by atoms with Crippen LogP contribution in [0.3, 0.4) is 0 Å².